The van der Waals surface area contributed by atoms with E-state index < -0.39 is 5.97 Å². The molecule has 27 heavy (non-hydrogen) atoms. The molecular weight excluding hydrogens is 364 g/mol. The summed E-state index contributed by atoms with van der Waals surface area (Å²) in [6.07, 6.45) is 8.43. The first kappa shape index (κ1) is 20.0. The van der Waals surface area contributed by atoms with E-state index in [2.05, 4.69) is 10.2 Å². The Bertz CT molecular complexity index is 673. The molecule has 0 aromatic heterocycles. The fourth-order valence-electron chi connectivity index (χ4n) is 4.27. The van der Waals surface area contributed by atoms with Crippen LogP contribution in [-0.4, -0.2) is 41.0 Å². The zero-order chi connectivity index (χ0) is 19.2. The normalized spacial score (nSPS) is 20.9. The molecule has 0 bridgehead atoms. The lowest BCUT2D eigenvalue weighted by molar-refractivity contribution is -0.137. The average molecular weight is 393 g/mol. The van der Waals surface area contributed by atoms with E-state index >= 15 is 0 Å². The van der Waals surface area contributed by atoms with Crippen molar-refractivity contribution < 1.29 is 14.7 Å². The van der Waals surface area contributed by atoms with Crippen LogP contribution in [-0.2, 0) is 16.0 Å². The SMILES string of the molecule is O=C(O)CCCNc1ccc(CC2CCN(C3CCCCC3)C2=O)c(Cl)c1. The standard InChI is InChI=1S/C21H29ClN2O3/c22-19-14-17(23-11-4-7-20(25)26)9-8-15(19)13-16-10-12-24(21(16)27)18-5-2-1-3-6-18/h8-9,14,16,18,23H,1-7,10-13H2,(H,25,26). The van der Waals surface area contributed by atoms with Gasteiger partial charge in [0.1, 0.15) is 0 Å². The third-order valence-corrected chi connectivity index (χ3v) is 6.13. The van der Waals surface area contributed by atoms with Crippen LogP contribution in [0.15, 0.2) is 18.2 Å². The number of anilines is 1. The summed E-state index contributed by atoms with van der Waals surface area (Å²) in [7, 11) is 0. The van der Waals surface area contributed by atoms with Crippen LogP contribution in [0.5, 0.6) is 0 Å². The molecule has 2 fully saturated rings. The summed E-state index contributed by atoms with van der Waals surface area (Å²) in [4.78, 5) is 25.5. The van der Waals surface area contributed by atoms with Gasteiger partial charge in [0.25, 0.3) is 0 Å². The molecule has 1 saturated heterocycles. The zero-order valence-corrected chi connectivity index (χ0v) is 16.5. The number of carbonyl (C=O) groups is 2. The van der Waals surface area contributed by atoms with Crippen molar-refractivity contribution in [3.8, 4) is 0 Å². The van der Waals surface area contributed by atoms with Gasteiger partial charge in [0.2, 0.25) is 5.91 Å². The molecule has 148 valence electrons. The number of benzene rings is 1. The number of carboxylic acid groups (broad SMARTS) is 1. The third-order valence-electron chi connectivity index (χ3n) is 5.78. The lowest BCUT2D eigenvalue weighted by Crippen LogP contribution is -2.39. The van der Waals surface area contributed by atoms with E-state index in [1.54, 1.807) is 0 Å². The van der Waals surface area contributed by atoms with Crippen LogP contribution in [0.2, 0.25) is 5.02 Å². The van der Waals surface area contributed by atoms with Crippen molar-refractivity contribution in [1.29, 1.82) is 0 Å². The molecule has 5 nitrogen and oxygen atoms in total. The maximum atomic E-state index is 12.8. The number of nitrogens with one attached hydrogen (secondary N) is 1. The van der Waals surface area contributed by atoms with E-state index in [1.807, 2.05) is 18.2 Å². The van der Waals surface area contributed by atoms with Crippen LogP contribution < -0.4 is 5.32 Å². The number of amides is 1. The van der Waals surface area contributed by atoms with E-state index in [0.29, 0.717) is 36.4 Å². The third kappa shape index (κ3) is 5.38. The van der Waals surface area contributed by atoms with E-state index in [-0.39, 0.29) is 12.3 Å². The van der Waals surface area contributed by atoms with Gasteiger partial charge in [-0.1, -0.05) is 36.9 Å². The molecule has 2 N–H and O–H groups in total. The van der Waals surface area contributed by atoms with Gasteiger partial charge in [0.05, 0.1) is 0 Å². The molecule has 1 aliphatic heterocycles. The van der Waals surface area contributed by atoms with Crippen molar-refractivity contribution in [2.45, 2.75) is 63.8 Å². The largest absolute Gasteiger partial charge is 0.481 e. The second-order valence-corrected chi connectivity index (χ2v) is 8.15. The fraction of sp³-hybridized carbons (Fsp3) is 0.619. The van der Waals surface area contributed by atoms with Gasteiger partial charge < -0.3 is 15.3 Å². The van der Waals surface area contributed by atoms with Gasteiger partial charge in [-0.05, 0) is 49.8 Å². The number of rotatable bonds is 8. The Morgan fingerprint density at radius 3 is 2.70 bits per heavy atom. The Balaban J connectivity index is 1.53. The first-order chi connectivity index (χ1) is 13.0. The summed E-state index contributed by atoms with van der Waals surface area (Å²) in [5.41, 5.74) is 1.90. The molecule has 1 aromatic rings. The highest BCUT2D eigenvalue weighted by Crippen LogP contribution is 2.32. The monoisotopic (exact) mass is 392 g/mol. The minimum atomic E-state index is -0.784. The summed E-state index contributed by atoms with van der Waals surface area (Å²) in [6.45, 7) is 1.48. The average Bonchev–Trinajstić information content (AvgIpc) is 3.02. The molecule has 0 radical (unpaired) electrons. The topological polar surface area (TPSA) is 69.6 Å². The van der Waals surface area contributed by atoms with Crippen molar-refractivity contribution in [1.82, 2.24) is 4.90 Å². The number of likely N-dealkylation sites (tertiary alicyclic amines) is 1. The molecule has 1 aromatic carbocycles. The Labute approximate surface area is 166 Å². The molecule has 1 amide bonds. The molecule has 1 aliphatic carbocycles. The summed E-state index contributed by atoms with van der Waals surface area (Å²) < 4.78 is 0. The highest BCUT2D eigenvalue weighted by atomic mass is 35.5. The van der Waals surface area contributed by atoms with Gasteiger partial charge in [0.15, 0.2) is 0 Å². The number of hydrogen-bond donors (Lipinski definition) is 2. The number of carbonyl (C=O) groups excluding carboxylic acids is 1. The van der Waals surface area contributed by atoms with Crippen molar-refractivity contribution >= 4 is 29.2 Å². The molecule has 6 heteroatoms. The summed E-state index contributed by atoms with van der Waals surface area (Å²) >= 11 is 6.44. The number of hydrogen-bond acceptors (Lipinski definition) is 3. The fourth-order valence-corrected chi connectivity index (χ4v) is 4.53. The van der Waals surface area contributed by atoms with E-state index in [4.69, 9.17) is 16.7 Å². The highest BCUT2D eigenvalue weighted by Gasteiger charge is 2.36. The maximum absolute atomic E-state index is 12.8. The molecular formula is C21H29ClN2O3. The molecule has 1 unspecified atom stereocenters. The predicted octanol–water partition coefficient (Wildman–Crippen LogP) is 4.34. The van der Waals surface area contributed by atoms with Gasteiger partial charge >= 0.3 is 5.97 Å². The molecule has 3 rings (SSSR count). The van der Waals surface area contributed by atoms with E-state index in [9.17, 15) is 9.59 Å². The quantitative estimate of drug-likeness (QED) is 0.645. The van der Waals surface area contributed by atoms with Crippen LogP contribution >= 0.6 is 11.6 Å². The molecule has 0 spiro atoms. The van der Waals surface area contributed by atoms with Crippen LogP contribution in [0.1, 0.15) is 56.9 Å². The summed E-state index contributed by atoms with van der Waals surface area (Å²) in [5, 5.41) is 12.5. The van der Waals surface area contributed by atoms with Crippen molar-refractivity contribution in [3.05, 3.63) is 28.8 Å². The van der Waals surface area contributed by atoms with E-state index in [1.165, 1.54) is 19.3 Å². The van der Waals surface area contributed by atoms with Gasteiger partial charge in [-0.15, -0.1) is 0 Å². The van der Waals surface area contributed by atoms with Gasteiger partial charge in [0, 0.05) is 42.2 Å². The van der Waals surface area contributed by atoms with Crippen LogP contribution in [0.4, 0.5) is 5.69 Å². The minimum Gasteiger partial charge on any atom is -0.481 e. The second-order valence-electron chi connectivity index (χ2n) is 7.74. The number of nitrogens with zero attached hydrogens (tertiary/aromatic N) is 1. The number of halogens is 1. The van der Waals surface area contributed by atoms with E-state index in [0.717, 1.165) is 37.1 Å². The Hall–Kier alpha value is -1.75. The van der Waals surface area contributed by atoms with Gasteiger partial charge in [-0.25, -0.2) is 0 Å². The maximum Gasteiger partial charge on any atom is 0.303 e. The van der Waals surface area contributed by atoms with Crippen LogP contribution in [0, 0.1) is 5.92 Å². The summed E-state index contributed by atoms with van der Waals surface area (Å²) in [5.74, 6) is -0.443. The van der Waals surface area contributed by atoms with Crippen LogP contribution in [0.3, 0.4) is 0 Å². The molecule has 2 aliphatic rings. The van der Waals surface area contributed by atoms with Gasteiger partial charge in [-0.3, -0.25) is 9.59 Å². The molecule has 1 saturated carbocycles. The second kappa shape index (κ2) is 9.45. The van der Waals surface area contributed by atoms with Crippen LogP contribution in [0.25, 0.3) is 0 Å². The lowest BCUT2D eigenvalue weighted by Gasteiger charge is -2.31. The Kier molecular flexibility index (Phi) is 7.00. The van der Waals surface area contributed by atoms with Crippen molar-refractivity contribution in [3.63, 3.8) is 0 Å². The van der Waals surface area contributed by atoms with Crippen molar-refractivity contribution in [2.24, 2.45) is 5.92 Å². The molecule has 1 atom stereocenters. The Morgan fingerprint density at radius 2 is 2.00 bits per heavy atom. The zero-order valence-electron chi connectivity index (χ0n) is 15.8. The lowest BCUT2D eigenvalue weighted by atomic mass is 9.94. The minimum absolute atomic E-state index is 0.0406. The number of carboxylic acids is 1. The predicted molar refractivity (Wildman–Crippen MR) is 107 cm³/mol. The van der Waals surface area contributed by atoms with Gasteiger partial charge in [-0.2, -0.15) is 0 Å². The molecule has 1 heterocycles. The summed E-state index contributed by atoms with van der Waals surface area (Å²) in [6, 6.07) is 6.26. The highest BCUT2D eigenvalue weighted by molar-refractivity contribution is 6.31. The smallest absolute Gasteiger partial charge is 0.303 e. The Morgan fingerprint density at radius 1 is 1.22 bits per heavy atom. The first-order valence-corrected chi connectivity index (χ1v) is 10.5. The van der Waals surface area contributed by atoms with Crippen molar-refractivity contribution in [2.75, 3.05) is 18.4 Å². The number of aliphatic carboxylic acids is 1. The first-order valence-electron chi connectivity index (χ1n) is 10.1.